The van der Waals surface area contributed by atoms with Gasteiger partial charge in [-0.05, 0) is 34.6 Å². The van der Waals surface area contributed by atoms with Crippen LogP contribution in [0.4, 0.5) is 4.79 Å². The second kappa shape index (κ2) is 11.0. The van der Waals surface area contributed by atoms with Crippen LogP contribution in [0.15, 0.2) is 48.5 Å². The number of methoxy groups -OCH3 is 1. The summed E-state index contributed by atoms with van der Waals surface area (Å²) in [4.78, 5) is 36.1. The third-order valence-electron chi connectivity index (χ3n) is 5.67. The molecule has 1 aliphatic carbocycles. The van der Waals surface area contributed by atoms with Crippen LogP contribution in [0.3, 0.4) is 0 Å². The van der Waals surface area contributed by atoms with Crippen molar-refractivity contribution in [3.63, 3.8) is 0 Å². The third kappa shape index (κ3) is 5.90. The average molecular weight is 455 g/mol. The molecule has 0 bridgehead atoms. The second-order valence-electron chi connectivity index (χ2n) is 8.46. The van der Waals surface area contributed by atoms with Crippen LogP contribution in [0.25, 0.3) is 11.1 Å². The van der Waals surface area contributed by atoms with Crippen LogP contribution < -0.4 is 10.6 Å². The van der Waals surface area contributed by atoms with Crippen molar-refractivity contribution in [2.24, 2.45) is 5.92 Å². The highest BCUT2D eigenvalue weighted by atomic mass is 16.5. The van der Waals surface area contributed by atoms with Crippen LogP contribution in [0, 0.1) is 5.92 Å². The Morgan fingerprint density at radius 2 is 1.58 bits per heavy atom. The molecular formula is C25H30N2O6. The van der Waals surface area contributed by atoms with E-state index in [2.05, 4.69) is 22.8 Å². The molecule has 0 spiro atoms. The van der Waals surface area contributed by atoms with Crippen molar-refractivity contribution in [3.05, 3.63) is 59.7 Å². The lowest BCUT2D eigenvalue weighted by Gasteiger charge is -2.21. The maximum absolute atomic E-state index is 12.4. The van der Waals surface area contributed by atoms with E-state index in [4.69, 9.17) is 9.47 Å². The molecule has 2 aromatic carbocycles. The Labute approximate surface area is 193 Å². The van der Waals surface area contributed by atoms with Gasteiger partial charge < -0.3 is 25.2 Å². The van der Waals surface area contributed by atoms with Crippen molar-refractivity contribution in [1.29, 1.82) is 0 Å². The van der Waals surface area contributed by atoms with Gasteiger partial charge in [0.05, 0.1) is 6.54 Å². The van der Waals surface area contributed by atoms with Crippen molar-refractivity contribution >= 4 is 18.0 Å². The molecule has 0 aliphatic heterocycles. The summed E-state index contributed by atoms with van der Waals surface area (Å²) in [6.07, 6.45) is -1.43. The summed E-state index contributed by atoms with van der Waals surface area (Å²) in [5, 5.41) is 14.3. The van der Waals surface area contributed by atoms with Gasteiger partial charge in [0, 0.05) is 13.0 Å². The van der Waals surface area contributed by atoms with Gasteiger partial charge in [0.1, 0.15) is 12.6 Å². The number of ether oxygens (including phenoxy) is 2. The predicted molar refractivity (Wildman–Crippen MR) is 123 cm³/mol. The molecule has 0 radical (unpaired) electrons. The van der Waals surface area contributed by atoms with Gasteiger partial charge in [-0.25, -0.2) is 9.59 Å². The molecule has 2 atom stereocenters. The number of hydrogen-bond acceptors (Lipinski definition) is 5. The molecule has 1 aliphatic rings. The Morgan fingerprint density at radius 1 is 1.00 bits per heavy atom. The molecule has 0 saturated heterocycles. The van der Waals surface area contributed by atoms with Crippen molar-refractivity contribution in [1.82, 2.24) is 10.6 Å². The number of carbonyl (C=O) groups excluding carboxylic acids is 2. The van der Waals surface area contributed by atoms with Crippen LogP contribution in [-0.4, -0.2) is 55.5 Å². The number of amides is 2. The molecule has 0 saturated carbocycles. The van der Waals surface area contributed by atoms with Gasteiger partial charge in [-0.1, -0.05) is 62.4 Å². The van der Waals surface area contributed by atoms with E-state index in [0.717, 1.165) is 22.3 Å². The van der Waals surface area contributed by atoms with E-state index < -0.39 is 30.1 Å². The first-order valence-electron chi connectivity index (χ1n) is 11.0. The van der Waals surface area contributed by atoms with Crippen molar-refractivity contribution in [3.8, 4) is 11.1 Å². The zero-order valence-electron chi connectivity index (χ0n) is 19.0. The van der Waals surface area contributed by atoms with Crippen LogP contribution in [-0.2, 0) is 19.1 Å². The number of rotatable bonds is 10. The van der Waals surface area contributed by atoms with Crippen molar-refractivity contribution in [2.75, 3.05) is 20.3 Å². The predicted octanol–water partition coefficient (Wildman–Crippen LogP) is 3.16. The molecule has 8 heteroatoms. The van der Waals surface area contributed by atoms with Crippen molar-refractivity contribution < 1.29 is 29.0 Å². The van der Waals surface area contributed by atoms with Gasteiger partial charge in [-0.2, -0.15) is 0 Å². The molecule has 0 heterocycles. The number of aliphatic carboxylic acids is 1. The molecule has 3 rings (SSSR count). The summed E-state index contributed by atoms with van der Waals surface area (Å²) >= 11 is 0. The van der Waals surface area contributed by atoms with Crippen LogP contribution in [0.1, 0.15) is 37.3 Å². The van der Waals surface area contributed by atoms with E-state index in [9.17, 15) is 19.5 Å². The summed E-state index contributed by atoms with van der Waals surface area (Å²) in [5.74, 6) is -1.70. The van der Waals surface area contributed by atoms with Crippen LogP contribution in [0.5, 0.6) is 0 Å². The fraction of sp³-hybridized carbons (Fsp3) is 0.400. The van der Waals surface area contributed by atoms with E-state index in [-0.39, 0.29) is 31.4 Å². The maximum Gasteiger partial charge on any atom is 0.407 e. The SMILES string of the molecule is COC(CNC(=O)OCC1c2ccccc2-c2ccccc21)C(=O)N[C@H](CC(C)C)C(=O)O. The smallest absolute Gasteiger partial charge is 0.407 e. The van der Waals surface area contributed by atoms with Gasteiger partial charge in [0.2, 0.25) is 0 Å². The Morgan fingerprint density at radius 3 is 2.09 bits per heavy atom. The Balaban J connectivity index is 1.55. The van der Waals surface area contributed by atoms with Gasteiger partial charge in [-0.3, -0.25) is 4.79 Å². The maximum atomic E-state index is 12.4. The topological polar surface area (TPSA) is 114 Å². The molecule has 1 unspecified atom stereocenters. The monoisotopic (exact) mass is 454 g/mol. The Hall–Kier alpha value is -3.39. The number of carbonyl (C=O) groups is 3. The molecule has 33 heavy (non-hydrogen) atoms. The van der Waals surface area contributed by atoms with Crippen LogP contribution >= 0.6 is 0 Å². The number of hydrogen-bond donors (Lipinski definition) is 3. The molecule has 2 aromatic rings. The highest BCUT2D eigenvalue weighted by Crippen LogP contribution is 2.44. The largest absolute Gasteiger partial charge is 0.480 e. The normalized spacial score (nSPS) is 14.2. The lowest BCUT2D eigenvalue weighted by molar-refractivity contribution is -0.144. The lowest BCUT2D eigenvalue weighted by atomic mass is 9.98. The molecule has 0 aromatic heterocycles. The zero-order valence-corrected chi connectivity index (χ0v) is 19.0. The molecule has 2 amide bonds. The fourth-order valence-corrected chi connectivity index (χ4v) is 4.07. The first-order chi connectivity index (χ1) is 15.8. The molecule has 8 nitrogen and oxygen atoms in total. The number of carboxylic acid groups (broad SMARTS) is 1. The summed E-state index contributed by atoms with van der Waals surface area (Å²) < 4.78 is 10.6. The van der Waals surface area contributed by atoms with Gasteiger partial charge >= 0.3 is 12.1 Å². The summed E-state index contributed by atoms with van der Waals surface area (Å²) in [6, 6.07) is 15.0. The number of fused-ring (bicyclic) bond motifs is 3. The van der Waals surface area contributed by atoms with Gasteiger partial charge in [0.25, 0.3) is 5.91 Å². The minimum absolute atomic E-state index is 0.0722. The second-order valence-corrected chi connectivity index (χ2v) is 8.46. The molecule has 3 N–H and O–H groups in total. The van der Waals surface area contributed by atoms with E-state index >= 15 is 0 Å². The zero-order chi connectivity index (χ0) is 24.0. The Bertz CT molecular complexity index is 960. The first kappa shape index (κ1) is 24.3. The number of benzene rings is 2. The van der Waals surface area contributed by atoms with Crippen LogP contribution in [0.2, 0.25) is 0 Å². The van der Waals surface area contributed by atoms with Gasteiger partial charge in [-0.15, -0.1) is 0 Å². The highest BCUT2D eigenvalue weighted by molar-refractivity contribution is 5.87. The minimum Gasteiger partial charge on any atom is -0.480 e. The van der Waals surface area contributed by atoms with Crippen molar-refractivity contribution in [2.45, 2.75) is 38.3 Å². The number of alkyl carbamates (subject to hydrolysis) is 1. The van der Waals surface area contributed by atoms with E-state index in [1.807, 2.05) is 50.2 Å². The molecular weight excluding hydrogens is 424 g/mol. The Kier molecular flexibility index (Phi) is 8.06. The lowest BCUT2D eigenvalue weighted by Crippen LogP contribution is -2.50. The quantitative estimate of drug-likeness (QED) is 0.508. The average Bonchev–Trinajstić information content (AvgIpc) is 3.11. The van der Waals surface area contributed by atoms with E-state index in [1.165, 1.54) is 7.11 Å². The summed E-state index contributed by atoms with van der Waals surface area (Å²) in [7, 11) is 1.32. The molecule has 0 fully saturated rings. The van der Waals surface area contributed by atoms with E-state index in [0.29, 0.717) is 0 Å². The standard InChI is InChI=1S/C25H30N2O6/c1-15(2)12-21(24(29)30)27-23(28)22(32-3)13-26-25(31)33-14-20-18-10-6-4-8-16(18)17-9-5-7-11-19(17)20/h4-11,15,20-22H,12-14H2,1-3H3,(H,26,31)(H,27,28)(H,29,30)/t21-,22?/m1/s1. The summed E-state index contributed by atoms with van der Waals surface area (Å²) in [5.41, 5.74) is 4.47. The summed E-state index contributed by atoms with van der Waals surface area (Å²) in [6.45, 7) is 3.75. The fourth-order valence-electron chi connectivity index (χ4n) is 4.07. The number of carboxylic acids is 1. The molecule has 176 valence electrons. The number of nitrogens with one attached hydrogen (secondary N) is 2. The van der Waals surface area contributed by atoms with Gasteiger partial charge in [0.15, 0.2) is 6.10 Å². The first-order valence-corrected chi connectivity index (χ1v) is 11.0. The minimum atomic E-state index is -1.11. The highest BCUT2D eigenvalue weighted by Gasteiger charge is 2.30. The third-order valence-corrected chi connectivity index (χ3v) is 5.67. The van der Waals surface area contributed by atoms with E-state index in [1.54, 1.807) is 0 Å².